The molecule has 5 nitrogen and oxygen atoms in total. The van der Waals surface area contributed by atoms with Gasteiger partial charge in [-0.25, -0.2) is 0 Å². The lowest BCUT2D eigenvalue weighted by Gasteiger charge is -2.04. The van der Waals surface area contributed by atoms with Gasteiger partial charge in [-0.2, -0.15) is 0 Å². The monoisotopic (exact) mass is 230 g/mol. The van der Waals surface area contributed by atoms with E-state index in [0.717, 1.165) is 0 Å². The number of amides is 1. The first-order chi connectivity index (χ1) is 8.15. The minimum absolute atomic E-state index is 0.121. The molecule has 0 bridgehead atoms. The van der Waals surface area contributed by atoms with Crippen LogP contribution in [0.1, 0.15) is 10.5 Å². The molecule has 0 fully saturated rings. The Kier molecular flexibility index (Phi) is 2.91. The van der Waals surface area contributed by atoms with Crippen molar-refractivity contribution in [3.63, 3.8) is 0 Å². The lowest BCUT2D eigenvalue weighted by molar-refractivity contribution is 0.102. The molecule has 1 aromatic heterocycles. The molecule has 0 aliphatic heterocycles. The number of hydrogen-bond acceptors (Lipinski definition) is 3. The van der Waals surface area contributed by atoms with Gasteiger partial charge in [-0.1, -0.05) is 6.07 Å². The van der Waals surface area contributed by atoms with Gasteiger partial charge in [0.25, 0.3) is 5.91 Å². The largest absolute Gasteiger partial charge is 0.508 e. The van der Waals surface area contributed by atoms with Crippen molar-refractivity contribution in [1.29, 1.82) is 0 Å². The highest BCUT2D eigenvalue weighted by atomic mass is 16.3. The molecule has 0 unspecified atom stereocenters. The van der Waals surface area contributed by atoms with E-state index in [1.54, 1.807) is 12.1 Å². The summed E-state index contributed by atoms with van der Waals surface area (Å²) in [6.07, 6.45) is 0. The average Bonchev–Trinajstić information content (AvgIpc) is 2.32. The summed E-state index contributed by atoms with van der Waals surface area (Å²) in [6, 6.07) is 10.4. The normalized spacial score (nSPS) is 9.88. The molecule has 0 saturated heterocycles. The fourth-order valence-corrected chi connectivity index (χ4v) is 1.32. The van der Waals surface area contributed by atoms with Crippen LogP contribution in [0.15, 0.2) is 47.3 Å². The van der Waals surface area contributed by atoms with Crippen molar-refractivity contribution in [3.05, 3.63) is 58.5 Å². The zero-order valence-corrected chi connectivity index (χ0v) is 8.81. The van der Waals surface area contributed by atoms with Gasteiger partial charge in [-0.05, 0) is 30.3 Å². The summed E-state index contributed by atoms with van der Waals surface area (Å²) < 4.78 is 0. The van der Waals surface area contributed by atoms with E-state index >= 15 is 0 Å². The number of aromatic hydroxyl groups is 1. The van der Waals surface area contributed by atoms with E-state index in [9.17, 15) is 9.59 Å². The lowest BCUT2D eigenvalue weighted by atomic mass is 10.3. The van der Waals surface area contributed by atoms with Crippen LogP contribution in [0.25, 0.3) is 0 Å². The van der Waals surface area contributed by atoms with Crippen molar-refractivity contribution in [2.45, 2.75) is 0 Å². The van der Waals surface area contributed by atoms with Crippen LogP contribution in [0, 0.1) is 0 Å². The minimum atomic E-state index is -0.409. The number of carbonyl (C=O) groups excluding carboxylic acids is 1. The Morgan fingerprint density at radius 3 is 2.47 bits per heavy atom. The van der Waals surface area contributed by atoms with Crippen LogP contribution in [-0.4, -0.2) is 16.0 Å². The van der Waals surface area contributed by atoms with E-state index in [0.29, 0.717) is 5.69 Å². The molecular formula is C12H10N2O3. The van der Waals surface area contributed by atoms with Crippen LogP contribution in [0.3, 0.4) is 0 Å². The molecular weight excluding hydrogens is 220 g/mol. The van der Waals surface area contributed by atoms with Gasteiger partial charge in [0.15, 0.2) is 0 Å². The Morgan fingerprint density at radius 2 is 1.82 bits per heavy atom. The van der Waals surface area contributed by atoms with Crippen LogP contribution >= 0.6 is 0 Å². The maximum Gasteiger partial charge on any atom is 0.272 e. The number of phenols is 1. The number of carbonyl (C=O) groups is 1. The van der Waals surface area contributed by atoms with Crippen LogP contribution in [-0.2, 0) is 0 Å². The molecule has 2 aromatic rings. The zero-order chi connectivity index (χ0) is 12.3. The number of phenolic OH excluding ortho intramolecular Hbond substituents is 1. The van der Waals surface area contributed by atoms with E-state index in [4.69, 9.17) is 5.11 Å². The van der Waals surface area contributed by atoms with Gasteiger partial charge in [0.1, 0.15) is 11.4 Å². The number of pyridine rings is 1. The van der Waals surface area contributed by atoms with Crippen molar-refractivity contribution in [2.75, 3.05) is 5.32 Å². The number of nitrogens with one attached hydrogen (secondary N) is 2. The van der Waals surface area contributed by atoms with Crippen molar-refractivity contribution in [2.24, 2.45) is 0 Å². The second-order valence-electron chi connectivity index (χ2n) is 3.43. The van der Waals surface area contributed by atoms with Gasteiger partial charge < -0.3 is 15.4 Å². The van der Waals surface area contributed by atoms with E-state index < -0.39 is 5.91 Å². The number of anilines is 1. The number of aromatic nitrogens is 1. The van der Waals surface area contributed by atoms with Gasteiger partial charge in [-0.15, -0.1) is 0 Å². The highest BCUT2D eigenvalue weighted by molar-refractivity contribution is 6.02. The van der Waals surface area contributed by atoms with Crippen molar-refractivity contribution >= 4 is 11.6 Å². The predicted octanol–water partition coefficient (Wildman–Crippen LogP) is 1.33. The van der Waals surface area contributed by atoms with Crippen LogP contribution < -0.4 is 10.9 Å². The van der Waals surface area contributed by atoms with Crippen LogP contribution in [0.4, 0.5) is 5.69 Å². The SMILES string of the molecule is O=C(Nc1ccc(O)cc1)c1cccc(=O)[nH]1. The third-order valence-electron chi connectivity index (χ3n) is 2.14. The third-order valence-corrected chi connectivity index (χ3v) is 2.14. The summed E-state index contributed by atoms with van der Waals surface area (Å²) in [5, 5.41) is 11.7. The standard InChI is InChI=1S/C12H10N2O3/c15-9-6-4-8(5-7-9)13-12(17)10-2-1-3-11(16)14-10/h1-7,15H,(H,13,17)(H,14,16). The smallest absolute Gasteiger partial charge is 0.272 e. The van der Waals surface area contributed by atoms with Crippen LogP contribution in [0.2, 0.25) is 0 Å². The molecule has 0 aliphatic rings. The molecule has 5 heteroatoms. The number of aromatic amines is 1. The maximum absolute atomic E-state index is 11.7. The molecule has 1 aromatic carbocycles. The summed E-state index contributed by atoms with van der Waals surface area (Å²) in [4.78, 5) is 25.2. The molecule has 0 atom stereocenters. The average molecular weight is 230 g/mol. The molecule has 2 rings (SSSR count). The summed E-state index contributed by atoms with van der Waals surface area (Å²) >= 11 is 0. The Balaban J connectivity index is 2.17. The fourth-order valence-electron chi connectivity index (χ4n) is 1.32. The van der Waals surface area contributed by atoms with Gasteiger partial charge in [0, 0.05) is 11.8 Å². The van der Waals surface area contributed by atoms with Gasteiger partial charge in [0.05, 0.1) is 0 Å². The summed E-state index contributed by atoms with van der Waals surface area (Å²) in [7, 11) is 0. The number of rotatable bonds is 2. The van der Waals surface area contributed by atoms with E-state index in [1.807, 2.05) is 0 Å². The molecule has 86 valence electrons. The Labute approximate surface area is 96.7 Å². The summed E-state index contributed by atoms with van der Waals surface area (Å²) in [5.74, 6) is -0.287. The second kappa shape index (κ2) is 4.52. The number of H-pyrrole nitrogens is 1. The van der Waals surface area contributed by atoms with Gasteiger partial charge >= 0.3 is 0 Å². The van der Waals surface area contributed by atoms with Gasteiger partial charge in [-0.3, -0.25) is 9.59 Å². The molecule has 1 amide bonds. The Hall–Kier alpha value is -2.56. The lowest BCUT2D eigenvalue weighted by Crippen LogP contribution is -2.17. The number of benzene rings is 1. The molecule has 0 spiro atoms. The third kappa shape index (κ3) is 2.72. The fraction of sp³-hybridized carbons (Fsp3) is 0. The summed E-state index contributed by atoms with van der Waals surface area (Å²) in [5.41, 5.74) is 0.395. The molecule has 17 heavy (non-hydrogen) atoms. The van der Waals surface area contributed by atoms with Crippen molar-refractivity contribution < 1.29 is 9.90 Å². The quantitative estimate of drug-likeness (QED) is 0.681. The predicted molar refractivity (Wildman–Crippen MR) is 63.1 cm³/mol. The molecule has 0 saturated carbocycles. The first-order valence-electron chi connectivity index (χ1n) is 4.95. The minimum Gasteiger partial charge on any atom is -0.508 e. The summed E-state index contributed by atoms with van der Waals surface area (Å²) in [6.45, 7) is 0. The first-order valence-corrected chi connectivity index (χ1v) is 4.95. The topological polar surface area (TPSA) is 82.2 Å². The highest BCUT2D eigenvalue weighted by Gasteiger charge is 2.06. The van der Waals surface area contributed by atoms with E-state index in [-0.39, 0.29) is 17.0 Å². The van der Waals surface area contributed by atoms with Crippen molar-refractivity contribution in [1.82, 2.24) is 4.98 Å². The van der Waals surface area contributed by atoms with E-state index in [2.05, 4.69) is 10.3 Å². The Bertz CT molecular complexity index is 587. The van der Waals surface area contributed by atoms with E-state index in [1.165, 1.54) is 30.3 Å². The van der Waals surface area contributed by atoms with Gasteiger partial charge in [0.2, 0.25) is 5.56 Å². The molecule has 1 heterocycles. The highest BCUT2D eigenvalue weighted by Crippen LogP contribution is 2.14. The van der Waals surface area contributed by atoms with Crippen molar-refractivity contribution in [3.8, 4) is 5.75 Å². The molecule has 3 N–H and O–H groups in total. The second-order valence-corrected chi connectivity index (χ2v) is 3.43. The number of hydrogen-bond donors (Lipinski definition) is 3. The Morgan fingerprint density at radius 1 is 1.12 bits per heavy atom. The first kappa shape index (κ1) is 10.9. The van der Waals surface area contributed by atoms with Crippen LogP contribution in [0.5, 0.6) is 5.75 Å². The molecule has 0 radical (unpaired) electrons. The maximum atomic E-state index is 11.7. The molecule has 0 aliphatic carbocycles. The zero-order valence-electron chi connectivity index (χ0n) is 8.81.